The molecule has 0 spiro atoms. The van der Waals surface area contributed by atoms with Gasteiger partial charge < -0.3 is 18.4 Å². The van der Waals surface area contributed by atoms with Crippen LogP contribution in [0.3, 0.4) is 0 Å². The van der Waals surface area contributed by atoms with Crippen LogP contribution in [-0.4, -0.2) is 48.0 Å². The van der Waals surface area contributed by atoms with E-state index in [1.165, 1.54) is 0 Å². The number of ether oxygens (including phenoxy) is 2. The van der Waals surface area contributed by atoms with E-state index < -0.39 is 0 Å². The number of likely N-dealkylation sites (tertiary alicyclic amines) is 1. The van der Waals surface area contributed by atoms with Gasteiger partial charge in [0, 0.05) is 20.1 Å². The molecule has 0 radical (unpaired) electrons. The third kappa shape index (κ3) is 4.90. The first-order chi connectivity index (χ1) is 11.7. The van der Waals surface area contributed by atoms with Crippen molar-refractivity contribution >= 4 is 0 Å². The van der Waals surface area contributed by atoms with E-state index in [-0.39, 0.29) is 6.10 Å². The summed E-state index contributed by atoms with van der Waals surface area (Å²) in [5, 5.41) is 3.92. The highest BCUT2D eigenvalue weighted by Gasteiger charge is 2.22. The van der Waals surface area contributed by atoms with Crippen molar-refractivity contribution in [3.63, 3.8) is 0 Å². The predicted molar refractivity (Wildman–Crippen MR) is 86.4 cm³/mol. The monoisotopic (exact) mass is 335 g/mol. The quantitative estimate of drug-likeness (QED) is 0.733. The molecule has 24 heavy (non-hydrogen) atoms. The van der Waals surface area contributed by atoms with Crippen molar-refractivity contribution in [2.45, 2.75) is 45.4 Å². The smallest absolute Gasteiger partial charge is 0.252 e. The Kier molecular flexibility index (Phi) is 6.01. The molecular formula is C17H25N3O4. The molecule has 1 aliphatic rings. The zero-order valence-corrected chi connectivity index (χ0v) is 14.4. The van der Waals surface area contributed by atoms with Crippen molar-refractivity contribution in [3.05, 3.63) is 35.4 Å². The van der Waals surface area contributed by atoms with Gasteiger partial charge in [-0.2, -0.15) is 4.98 Å². The van der Waals surface area contributed by atoms with Gasteiger partial charge in [0.05, 0.1) is 19.3 Å². The molecule has 1 fully saturated rings. The van der Waals surface area contributed by atoms with Crippen molar-refractivity contribution in [2.75, 3.05) is 26.8 Å². The Bertz CT molecular complexity index is 625. The molecule has 3 rings (SSSR count). The normalized spacial score (nSPS) is 19.0. The van der Waals surface area contributed by atoms with Crippen LogP contribution < -0.4 is 0 Å². The minimum atomic E-state index is 0.184. The van der Waals surface area contributed by atoms with E-state index in [9.17, 15) is 0 Å². The summed E-state index contributed by atoms with van der Waals surface area (Å²) < 4.78 is 21.8. The van der Waals surface area contributed by atoms with Crippen molar-refractivity contribution in [1.82, 2.24) is 15.0 Å². The molecule has 0 amide bonds. The molecule has 0 bridgehead atoms. The van der Waals surface area contributed by atoms with E-state index in [0.717, 1.165) is 44.0 Å². The third-order valence-electron chi connectivity index (χ3n) is 4.12. The molecule has 0 N–H and O–H groups in total. The summed E-state index contributed by atoms with van der Waals surface area (Å²) in [4.78, 5) is 6.68. The van der Waals surface area contributed by atoms with Crippen molar-refractivity contribution < 1.29 is 18.4 Å². The minimum Gasteiger partial charge on any atom is -0.465 e. The Hall–Kier alpha value is -1.70. The highest BCUT2D eigenvalue weighted by Crippen LogP contribution is 2.18. The van der Waals surface area contributed by atoms with Gasteiger partial charge in [-0.05, 0) is 38.4 Å². The topological polar surface area (TPSA) is 73.8 Å². The molecule has 0 aliphatic carbocycles. The largest absolute Gasteiger partial charge is 0.465 e. The van der Waals surface area contributed by atoms with Gasteiger partial charge in [0.1, 0.15) is 18.1 Å². The lowest BCUT2D eigenvalue weighted by Crippen LogP contribution is -2.39. The first kappa shape index (κ1) is 17.1. The molecule has 1 saturated heterocycles. The second-order valence-electron chi connectivity index (χ2n) is 6.17. The van der Waals surface area contributed by atoms with E-state index in [1.807, 2.05) is 19.1 Å². The summed E-state index contributed by atoms with van der Waals surface area (Å²) >= 11 is 0. The molecular weight excluding hydrogens is 310 g/mol. The zero-order valence-electron chi connectivity index (χ0n) is 14.4. The van der Waals surface area contributed by atoms with E-state index in [1.54, 1.807) is 7.11 Å². The molecule has 7 nitrogen and oxygen atoms in total. The molecule has 0 saturated carbocycles. The van der Waals surface area contributed by atoms with Gasteiger partial charge in [-0.25, -0.2) is 0 Å². The Morgan fingerprint density at radius 1 is 1.38 bits per heavy atom. The molecule has 0 aromatic carbocycles. The summed E-state index contributed by atoms with van der Waals surface area (Å²) in [5.41, 5.74) is 0. The molecule has 3 heterocycles. The third-order valence-corrected chi connectivity index (χ3v) is 4.12. The maximum absolute atomic E-state index is 5.96. The standard InChI is InChI=1S/C17H25N3O4/c1-13-5-6-15(23-13)11-20-8-3-4-14(10-20)22-12-17-18-16(19-24-17)7-9-21-2/h5-6,14H,3-4,7-12H2,1-2H3. The van der Waals surface area contributed by atoms with Gasteiger partial charge in [-0.1, -0.05) is 5.16 Å². The average Bonchev–Trinajstić information content (AvgIpc) is 3.20. The average molecular weight is 335 g/mol. The highest BCUT2D eigenvalue weighted by atomic mass is 16.5. The van der Waals surface area contributed by atoms with Gasteiger partial charge in [0.15, 0.2) is 5.82 Å². The Morgan fingerprint density at radius 2 is 2.29 bits per heavy atom. The number of furan rings is 1. The van der Waals surface area contributed by atoms with E-state index in [4.69, 9.17) is 18.4 Å². The molecule has 1 unspecified atom stereocenters. The Labute approximate surface area is 141 Å². The second kappa shape index (κ2) is 8.41. The number of aryl methyl sites for hydroxylation is 1. The number of hydrogen-bond acceptors (Lipinski definition) is 7. The van der Waals surface area contributed by atoms with Crippen LogP contribution in [0.15, 0.2) is 21.1 Å². The lowest BCUT2D eigenvalue weighted by Gasteiger charge is -2.31. The van der Waals surface area contributed by atoms with Crippen LogP contribution in [0.1, 0.15) is 36.1 Å². The second-order valence-corrected chi connectivity index (χ2v) is 6.17. The number of nitrogens with zero attached hydrogens (tertiary/aromatic N) is 3. The first-order valence-electron chi connectivity index (χ1n) is 8.42. The van der Waals surface area contributed by atoms with Gasteiger partial charge in [0.25, 0.3) is 5.89 Å². The maximum atomic E-state index is 5.96. The predicted octanol–water partition coefficient (Wildman–Crippen LogP) is 2.34. The van der Waals surface area contributed by atoms with E-state index in [2.05, 4.69) is 15.0 Å². The molecule has 1 aliphatic heterocycles. The maximum Gasteiger partial charge on any atom is 0.252 e. The van der Waals surface area contributed by atoms with Gasteiger partial charge in [-0.15, -0.1) is 0 Å². The number of hydrogen-bond donors (Lipinski definition) is 0. The van der Waals surface area contributed by atoms with E-state index in [0.29, 0.717) is 31.3 Å². The zero-order chi connectivity index (χ0) is 16.8. The van der Waals surface area contributed by atoms with Crippen molar-refractivity contribution in [1.29, 1.82) is 0 Å². The number of piperidine rings is 1. The number of aromatic nitrogens is 2. The minimum absolute atomic E-state index is 0.184. The van der Waals surface area contributed by atoms with Crippen LogP contribution in [-0.2, 0) is 29.0 Å². The number of methoxy groups -OCH3 is 1. The van der Waals surface area contributed by atoms with Crippen molar-refractivity contribution in [3.8, 4) is 0 Å². The van der Waals surface area contributed by atoms with Gasteiger partial charge >= 0.3 is 0 Å². The van der Waals surface area contributed by atoms with Crippen LogP contribution in [0.25, 0.3) is 0 Å². The Balaban J connectivity index is 1.44. The SMILES string of the molecule is COCCc1noc(COC2CCCN(Cc3ccc(C)o3)C2)n1. The summed E-state index contributed by atoms with van der Waals surface area (Å²) in [6, 6.07) is 4.05. The lowest BCUT2D eigenvalue weighted by atomic mass is 10.1. The first-order valence-corrected chi connectivity index (χ1v) is 8.42. The summed E-state index contributed by atoms with van der Waals surface area (Å²) in [6.07, 6.45) is 3.01. The lowest BCUT2D eigenvalue weighted by molar-refractivity contribution is -0.0223. The van der Waals surface area contributed by atoms with Gasteiger partial charge in [0.2, 0.25) is 0 Å². The fourth-order valence-electron chi connectivity index (χ4n) is 2.92. The Morgan fingerprint density at radius 3 is 3.08 bits per heavy atom. The van der Waals surface area contributed by atoms with Crippen LogP contribution >= 0.6 is 0 Å². The van der Waals surface area contributed by atoms with Crippen molar-refractivity contribution in [2.24, 2.45) is 0 Å². The van der Waals surface area contributed by atoms with Crippen LogP contribution in [0.2, 0.25) is 0 Å². The summed E-state index contributed by atoms with van der Waals surface area (Å²) in [5.74, 6) is 3.15. The van der Waals surface area contributed by atoms with Gasteiger partial charge in [-0.3, -0.25) is 4.90 Å². The fourth-order valence-corrected chi connectivity index (χ4v) is 2.92. The van der Waals surface area contributed by atoms with Crippen LogP contribution in [0, 0.1) is 6.92 Å². The molecule has 2 aromatic heterocycles. The molecule has 7 heteroatoms. The molecule has 2 aromatic rings. The molecule has 1 atom stereocenters. The van der Waals surface area contributed by atoms with E-state index >= 15 is 0 Å². The van der Waals surface area contributed by atoms with Crippen LogP contribution in [0.5, 0.6) is 0 Å². The fraction of sp³-hybridized carbons (Fsp3) is 0.647. The summed E-state index contributed by atoms with van der Waals surface area (Å²) in [6.45, 7) is 5.71. The highest BCUT2D eigenvalue weighted by molar-refractivity contribution is 5.05. The number of rotatable bonds is 8. The molecule has 132 valence electrons. The van der Waals surface area contributed by atoms with Crippen LogP contribution in [0.4, 0.5) is 0 Å². The summed E-state index contributed by atoms with van der Waals surface area (Å²) in [7, 11) is 1.66.